The molecule has 8 nitrogen and oxygen atoms in total. The Bertz CT molecular complexity index is 977. The number of carbonyl (C=O) groups excluding carboxylic acids is 2. The summed E-state index contributed by atoms with van der Waals surface area (Å²) in [6.45, 7) is 0.895. The number of anilines is 1. The van der Waals surface area contributed by atoms with Gasteiger partial charge in [0.05, 0.1) is 18.9 Å². The van der Waals surface area contributed by atoms with Crippen LogP contribution in [0.2, 0.25) is 0 Å². The average molecular weight is 438 g/mol. The third-order valence-electron chi connectivity index (χ3n) is 5.60. The number of likely N-dealkylation sites (tertiary alicyclic amines) is 1. The Balaban J connectivity index is 1.43. The lowest BCUT2D eigenvalue weighted by Gasteiger charge is -2.32. The molecule has 1 aromatic carbocycles. The second-order valence-electron chi connectivity index (χ2n) is 7.67. The summed E-state index contributed by atoms with van der Waals surface area (Å²) in [5, 5.41) is 6.60. The Labute approximate surface area is 176 Å². The first kappa shape index (κ1) is 21.1. The van der Waals surface area contributed by atoms with Crippen molar-refractivity contribution >= 4 is 17.5 Å². The van der Waals surface area contributed by atoms with Gasteiger partial charge in [-0.1, -0.05) is 6.07 Å². The van der Waals surface area contributed by atoms with Crippen LogP contribution in [0.4, 0.5) is 18.9 Å². The molecule has 4 rings (SSSR count). The summed E-state index contributed by atoms with van der Waals surface area (Å²) in [7, 11) is 1.53. The van der Waals surface area contributed by atoms with E-state index in [1.54, 1.807) is 34.1 Å². The number of aromatic nitrogens is 2. The lowest BCUT2D eigenvalue weighted by molar-refractivity contribution is -0.157. The van der Waals surface area contributed by atoms with Gasteiger partial charge in [-0.05, 0) is 25.0 Å². The Morgan fingerprint density at radius 1 is 1.26 bits per heavy atom. The molecule has 0 aliphatic carbocycles. The molecular formula is C20H21F3N4O4. The predicted octanol–water partition coefficient (Wildman–Crippen LogP) is 2.86. The summed E-state index contributed by atoms with van der Waals surface area (Å²) >= 11 is 0. The van der Waals surface area contributed by atoms with Gasteiger partial charge in [-0.15, -0.1) is 10.2 Å². The highest BCUT2D eigenvalue weighted by molar-refractivity contribution is 6.00. The largest absolute Gasteiger partial charge is 0.497 e. The maximum atomic E-state index is 13.1. The number of hydrogen-bond acceptors (Lipinski definition) is 6. The summed E-state index contributed by atoms with van der Waals surface area (Å²) < 4.78 is 48.2. The van der Waals surface area contributed by atoms with Crippen molar-refractivity contribution in [2.75, 3.05) is 31.6 Å². The number of methoxy groups -OCH3 is 1. The fourth-order valence-electron chi connectivity index (χ4n) is 4.05. The van der Waals surface area contributed by atoms with Crippen molar-refractivity contribution in [1.29, 1.82) is 0 Å². The molecule has 1 aromatic heterocycles. The van der Waals surface area contributed by atoms with Gasteiger partial charge in [0.1, 0.15) is 5.75 Å². The number of alkyl halides is 3. The predicted molar refractivity (Wildman–Crippen MR) is 101 cm³/mol. The van der Waals surface area contributed by atoms with Gasteiger partial charge in [-0.3, -0.25) is 9.59 Å². The number of benzene rings is 1. The lowest BCUT2D eigenvalue weighted by Crippen LogP contribution is -2.43. The van der Waals surface area contributed by atoms with E-state index in [2.05, 4.69) is 10.2 Å². The van der Waals surface area contributed by atoms with E-state index in [1.165, 1.54) is 7.11 Å². The monoisotopic (exact) mass is 438 g/mol. The normalized spacial score (nSPS) is 22.1. The number of piperidine rings is 1. The van der Waals surface area contributed by atoms with Crippen molar-refractivity contribution in [3.63, 3.8) is 0 Å². The molecule has 0 radical (unpaired) electrons. The summed E-state index contributed by atoms with van der Waals surface area (Å²) in [6.07, 6.45) is -3.48. The molecule has 2 aromatic rings. The SMILES string of the molecule is COc1cccc(N2C[C@H](C(=O)N3CCC[C@@H](c4nnc(C(F)(F)F)o4)C3)CC2=O)c1. The standard InChI is InChI=1S/C20H21F3N4O4/c1-30-15-6-2-5-14(9-15)27-11-13(8-16(27)28)18(29)26-7-3-4-12(10-26)17-24-25-19(31-17)20(21,22)23/h2,5-6,9,12-13H,3-4,7-8,10-11H2,1H3/t12-,13-/m1/s1. The van der Waals surface area contributed by atoms with Gasteiger partial charge in [0.15, 0.2) is 0 Å². The zero-order valence-electron chi connectivity index (χ0n) is 16.8. The van der Waals surface area contributed by atoms with Crippen molar-refractivity contribution in [2.24, 2.45) is 5.92 Å². The van der Waals surface area contributed by atoms with E-state index < -0.39 is 23.9 Å². The number of nitrogens with zero attached hydrogens (tertiary/aromatic N) is 4. The molecule has 0 bridgehead atoms. The van der Waals surface area contributed by atoms with Gasteiger partial charge >= 0.3 is 12.1 Å². The molecule has 2 atom stereocenters. The Morgan fingerprint density at radius 3 is 2.77 bits per heavy atom. The molecule has 2 aliphatic rings. The first-order valence-electron chi connectivity index (χ1n) is 9.90. The highest BCUT2D eigenvalue weighted by Gasteiger charge is 2.41. The van der Waals surface area contributed by atoms with Gasteiger partial charge in [0.2, 0.25) is 17.7 Å². The zero-order chi connectivity index (χ0) is 22.2. The molecule has 2 fully saturated rings. The molecule has 0 unspecified atom stereocenters. The first-order valence-corrected chi connectivity index (χ1v) is 9.90. The lowest BCUT2D eigenvalue weighted by atomic mass is 9.96. The number of ether oxygens (including phenoxy) is 1. The summed E-state index contributed by atoms with van der Waals surface area (Å²) in [5.41, 5.74) is 0.654. The van der Waals surface area contributed by atoms with Crippen LogP contribution in [0.25, 0.3) is 0 Å². The van der Waals surface area contributed by atoms with Crippen molar-refractivity contribution in [1.82, 2.24) is 15.1 Å². The van der Waals surface area contributed by atoms with Crippen LogP contribution in [0.3, 0.4) is 0 Å². The van der Waals surface area contributed by atoms with E-state index in [4.69, 9.17) is 9.15 Å². The third-order valence-corrected chi connectivity index (χ3v) is 5.60. The fraction of sp³-hybridized carbons (Fsp3) is 0.500. The van der Waals surface area contributed by atoms with Crippen LogP contribution >= 0.6 is 0 Å². The van der Waals surface area contributed by atoms with Gasteiger partial charge < -0.3 is 19.0 Å². The fourth-order valence-corrected chi connectivity index (χ4v) is 4.05. The number of rotatable bonds is 4. The van der Waals surface area contributed by atoms with E-state index >= 15 is 0 Å². The molecule has 0 saturated carbocycles. The molecule has 2 saturated heterocycles. The van der Waals surface area contributed by atoms with E-state index in [-0.39, 0.29) is 37.2 Å². The van der Waals surface area contributed by atoms with Crippen LogP contribution in [0.1, 0.15) is 37.0 Å². The van der Waals surface area contributed by atoms with E-state index in [1.807, 2.05) is 0 Å². The molecule has 11 heteroatoms. The van der Waals surface area contributed by atoms with Crippen LogP contribution in [0.5, 0.6) is 5.75 Å². The van der Waals surface area contributed by atoms with Crippen LogP contribution in [0.15, 0.2) is 28.7 Å². The second-order valence-corrected chi connectivity index (χ2v) is 7.67. The summed E-state index contributed by atoms with van der Waals surface area (Å²) in [6, 6.07) is 7.04. The summed E-state index contributed by atoms with van der Waals surface area (Å²) in [5.74, 6) is -2.24. The molecule has 0 N–H and O–H groups in total. The van der Waals surface area contributed by atoms with Gasteiger partial charge in [0, 0.05) is 37.8 Å². The molecule has 2 amide bonds. The van der Waals surface area contributed by atoms with E-state index in [0.29, 0.717) is 30.8 Å². The quantitative estimate of drug-likeness (QED) is 0.730. The highest BCUT2D eigenvalue weighted by Crippen LogP contribution is 2.34. The molecule has 0 spiro atoms. The molecular weight excluding hydrogens is 417 g/mol. The minimum Gasteiger partial charge on any atom is -0.497 e. The Hall–Kier alpha value is -3.11. The average Bonchev–Trinajstić information content (AvgIpc) is 3.41. The van der Waals surface area contributed by atoms with Crippen molar-refractivity contribution in [3.05, 3.63) is 36.0 Å². The Morgan fingerprint density at radius 2 is 2.06 bits per heavy atom. The number of hydrogen-bond donors (Lipinski definition) is 0. The molecule has 3 heterocycles. The Kier molecular flexibility index (Phi) is 5.59. The topological polar surface area (TPSA) is 88.8 Å². The van der Waals surface area contributed by atoms with Crippen molar-refractivity contribution in [3.8, 4) is 5.75 Å². The number of amides is 2. The van der Waals surface area contributed by atoms with Gasteiger partial charge in [0.25, 0.3) is 0 Å². The highest BCUT2D eigenvalue weighted by atomic mass is 19.4. The molecule has 31 heavy (non-hydrogen) atoms. The maximum absolute atomic E-state index is 13.1. The minimum absolute atomic E-state index is 0.0794. The molecule has 166 valence electrons. The third kappa shape index (κ3) is 4.35. The van der Waals surface area contributed by atoms with Gasteiger partial charge in [-0.2, -0.15) is 13.2 Å². The maximum Gasteiger partial charge on any atom is 0.470 e. The van der Waals surface area contributed by atoms with Crippen molar-refractivity contribution < 1.29 is 31.9 Å². The van der Waals surface area contributed by atoms with E-state index in [9.17, 15) is 22.8 Å². The smallest absolute Gasteiger partial charge is 0.470 e. The van der Waals surface area contributed by atoms with Gasteiger partial charge in [-0.25, -0.2) is 0 Å². The van der Waals surface area contributed by atoms with Crippen LogP contribution < -0.4 is 9.64 Å². The number of carbonyl (C=O) groups is 2. The van der Waals surface area contributed by atoms with Crippen LogP contribution in [0, 0.1) is 5.92 Å². The molecule has 2 aliphatic heterocycles. The van der Waals surface area contributed by atoms with Crippen LogP contribution in [-0.2, 0) is 15.8 Å². The first-order chi connectivity index (χ1) is 14.8. The zero-order valence-corrected chi connectivity index (χ0v) is 16.8. The van der Waals surface area contributed by atoms with Crippen molar-refractivity contribution in [2.45, 2.75) is 31.4 Å². The summed E-state index contributed by atoms with van der Waals surface area (Å²) in [4.78, 5) is 28.7. The van der Waals surface area contributed by atoms with E-state index in [0.717, 1.165) is 0 Å². The number of halogens is 3. The van der Waals surface area contributed by atoms with Crippen LogP contribution in [-0.4, -0.2) is 53.7 Å². The second kappa shape index (κ2) is 8.20. The minimum atomic E-state index is -4.71.